The Morgan fingerprint density at radius 1 is 1.25 bits per heavy atom. The molecular formula is C12H22N2O5S. The van der Waals surface area contributed by atoms with Crippen molar-refractivity contribution in [2.45, 2.75) is 38.8 Å². The molecule has 1 aliphatic rings. The standard InChI is InChI=1S/C12H22N2O5S/c1-3-11(16)13-5-6-14(12(17)4-2)9-7-20(18,19)8-10(9)15/h9-10,15H,3-8H2,1-2H3,(H,13,16). The van der Waals surface area contributed by atoms with Crippen LogP contribution in [0.15, 0.2) is 0 Å². The lowest BCUT2D eigenvalue weighted by atomic mass is 10.1. The van der Waals surface area contributed by atoms with Crippen LogP contribution < -0.4 is 5.32 Å². The number of rotatable bonds is 6. The lowest BCUT2D eigenvalue weighted by Gasteiger charge is -2.30. The first-order valence-corrected chi connectivity index (χ1v) is 8.57. The zero-order chi connectivity index (χ0) is 15.3. The highest BCUT2D eigenvalue weighted by molar-refractivity contribution is 7.91. The van der Waals surface area contributed by atoms with Crippen molar-refractivity contribution >= 4 is 21.7 Å². The molecule has 0 radical (unpaired) electrons. The Kier molecular flexibility index (Phi) is 5.94. The van der Waals surface area contributed by atoms with Crippen LogP contribution in [0.5, 0.6) is 0 Å². The Morgan fingerprint density at radius 3 is 2.35 bits per heavy atom. The lowest BCUT2D eigenvalue weighted by molar-refractivity contribution is -0.135. The molecule has 0 aromatic carbocycles. The maximum Gasteiger partial charge on any atom is 0.222 e. The molecular weight excluding hydrogens is 284 g/mol. The van der Waals surface area contributed by atoms with Gasteiger partial charge in [0.05, 0.1) is 23.7 Å². The molecule has 0 aliphatic carbocycles. The third kappa shape index (κ3) is 4.45. The molecule has 20 heavy (non-hydrogen) atoms. The Morgan fingerprint density at radius 2 is 1.90 bits per heavy atom. The van der Waals surface area contributed by atoms with E-state index in [4.69, 9.17) is 0 Å². The minimum Gasteiger partial charge on any atom is -0.390 e. The molecule has 7 nitrogen and oxygen atoms in total. The van der Waals surface area contributed by atoms with E-state index in [0.29, 0.717) is 6.42 Å². The summed E-state index contributed by atoms with van der Waals surface area (Å²) in [6.07, 6.45) is -0.481. The van der Waals surface area contributed by atoms with E-state index in [2.05, 4.69) is 5.32 Å². The van der Waals surface area contributed by atoms with Crippen molar-refractivity contribution in [3.63, 3.8) is 0 Å². The molecule has 2 amide bonds. The molecule has 0 aromatic heterocycles. The fourth-order valence-electron chi connectivity index (χ4n) is 2.23. The molecule has 0 saturated carbocycles. The van der Waals surface area contributed by atoms with Gasteiger partial charge < -0.3 is 15.3 Å². The average molecular weight is 306 g/mol. The quantitative estimate of drug-likeness (QED) is 0.649. The fourth-order valence-corrected chi connectivity index (χ4v) is 4.03. The number of amides is 2. The third-order valence-corrected chi connectivity index (χ3v) is 5.01. The molecule has 0 spiro atoms. The summed E-state index contributed by atoms with van der Waals surface area (Å²) in [6.45, 7) is 3.85. The fraction of sp³-hybridized carbons (Fsp3) is 0.833. The molecule has 1 saturated heterocycles. The van der Waals surface area contributed by atoms with Crippen LogP contribution in [0, 0.1) is 0 Å². The Hall–Kier alpha value is -1.15. The van der Waals surface area contributed by atoms with Crippen LogP contribution in [0.1, 0.15) is 26.7 Å². The summed E-state index contributed by atoms with van der Waals surface area (Å²) >= 11 is 0. The van der Waals surface area contributed by atoms with E-state index in [1.165, 1.54) is 4.90 Å². The second-order valence-electron chi connectivity index (χ2n) is 4.86. The van der Waals surface area contributed by atoms with Gasteiger partial charge in [-0.1, -0.05) is 13.8 Å². The summed E-state index contributed by atoms with van der Waals surface area (Å²) < 4.78 is 23.1. The van der Waals surface area contributed by atoms with E-state index in [-0.39, 0.29) is 42.8 Å². The highest BCUT2D eigenvalue weighted by Crippen LogP contribution is 2.19. The van der Waals surface area contributed by atoms with Crippen LogP contribution in [0.4, 0.5) is 0 Å². The van der Waals surface area contributed by atoms with Crippen LogP contribution in [-0.4, -0.2) is 67.0 Å². The molecule has 1 heterocycles. The van der Waals surface area contributed by atoms with Gasteiger partial charge in [0.2, 0.25) is 11.8 Å². The Bertz CT molecular complexity index is 462. The van der Waals surface area contributed by atoms with Crippen LogP contribution in [-0.2, 0) is 19.4 Å². The van der Waals surface area contributed by atoms with Gasteiger partial charge in [0.1, 0.15) is 0 Å². The first-order chi connectivity index (χ1) is 9.30. The summed E-state index contributed by atoms with van der Waals surface area (Å²) in [4.78, 5) is 24.4. The molecule has 116 valence electrons. The van der Waals surface area contributed by atoms with Gasteiger partial charge in [-0.15, -0.1) is 0 Å². The zero-order valence-corrected chi connectivity index (χ0v) is 12.6. The van der Waals surface area contributed by atoms with Crippen LogP contribution in [0.2, 0.25) is 0 Å². The van der Waals surface area contributed by atoms with Crippen molar-refractivity contribution in [2.75, 3.05) is 24.6 Å². The third-order valence-electron chi connectivity index (χ3n) is 3.31. The van der Waals surface area contributed by atoms with Gasteiger partial charge in [-0.25, -0.2) is 8.42 Å². The predicted octanol–water partition coefficient (Wildman–Crippen LogP) is -1.09. The Labute approximate surface area is 119 Å². The highest BCUT2D eigenvalue weighted by atomic mass is 32.2. The maximum atomic E-state index is 11.9. The van der Waals surface area contributed by atoms with Crippen LogP contribution in [0.3, 0.4) is 0 Å². The average Bonchev–Trinajstić information content (AvgIpc) is 2.66. The summed E-state index contributed by atoms with van der Waals surface area (Å²) in [7, 11) is -3.31. The number of hydrogen-bond donors (Lipinski definition) is 2. The number of sulfone groups is 1. The molecule has 1 fully saturated rings. The van der Waals surface area contributed by atoms with E-state index < -0.39 is 22.0 Å². The minimum absolute atomic E-state index is 0.131. The van der Waals surface area contributed by atoms with Gasteiger partial charge in [-0.3, -0.25) is 9.59 Å². The molecule has 1 rings (SSSR count). The molecule has 0 aromatic rings. The van der Waals surface area contributed by atoms with Crippen LogP contribution >= 0.6 is 0 Å². The smallest absolute Gasteiger partial charge is 0.222 e. The first-order valence-electron chi connectivity index (χ1n) is 6.75. The van der Waals surface area contributed by atoms with E-state index in [0.717, 1.165) is 0 Å². The van der Waals surface area contributed by atoms with Gasteiger partial charge in [0.15, 0.2) is 9.84 Å². The zero-order valence-electron chi connectivity index (χ0n) is 11.8. The maximum absolute atomic E-state index is 11.9. The topological polar surface area (TPSA) is 104 Å². The van der Waals surface area contributed by atoms with Gasteiger partial charge in [-0.2, -0.15) is 0 Å². The predicted molar refractivity (Wildman–Crippen MR) is 73.8 cm³/mol. The normalized spacial score (nSPS) is 24.4. The van der Waals surface area contributed by atoms with Gasteiger partial charge in [0.25, 0.3) is 0 Å². The molecule has 1 aliphatic heterocycles. The SMILES string of the molecule is CCC(=O)NCCN(C(=O)CC)C1CS(=O)(=O)CC1O. The highest BCUT2D eigenvalue weighted by Gasteiger charge is 2.41. The minimum atomic E-state index is -3.31. The monoisotopic (exact) mass is 306 g/mol. The number of aliphatic hydroxyl groups is 1. The number of hydrogen-bond acceptors (Lipinski definition) is 5. The summed E-state index contributed by atoms with van der Waals surface area (Å²) in [5.74, 6) is -0.890. The second kappa shape index (κ2) is 7.03. The number of nitrogens with one attached hydrogen (secondary N) is 1. The van der Waals surface area contributed by atoms with Crippen molar-refractivity contribution in [2.24, 2.45) is 0 Å². The molecule has 0 bridgehead atoms. The number of aliphatic hydroxyl groups excluding tert-OH is 1. The second-order valence-corrected chi connectivity index (χ2v) is 7.01. The summed E-state index contributed by atoms with van der Waals surface area (Å²) in [6, 6.07) is -0.717. The van der Waals surface area contributed by atoms with E-state index in [9.17, 15) is 23.1 Å². The van der Waals surface area contributed by atoms with Gasteiger partial charge in [0, 0.05) is 25.9 Å². The largest absolute Gasteiger partial charge is 0.390 e. The number of carbonyl (C=O) groups is 2. The van der Waals surface area contributed by atoms with Crippen molar-refractivity contribution in [3.05, 3.63) is 0 Å². The van der Waals surface area contributed by atoms with Gasteiger partial charge >= 0.3 is 0 Å². The first kappa shape index (κ1) is 16.9. The summed E-state index contributed by atoms with van der Waals surface area (Å²) in [5.41, 5.74) is 0. The van der Waals surface area contributed by atoms with E-state index in [1.807, 2.05) is 0 Å². The molecule has 2 unspecified atom stereocenters. The number of nitrogens with zero attached hydrogens (tertiary/aromatic N) is 1. The Balaban J connectivity index is 2.70. The van der Waals surface area contributed by atoms with Crippen molar-refractivity contribution in [1.82, 2.24) is 10.2 Å². The van der Waals surface area contributed by atoms with Crippen molar-refractivity contribution in [1.29, 1.82) is 0 Å². The van der Waals surface area contributed by atoms with Crippen LogP contribution in [0.25, 0.3) is 0 Å². The lowest BCUT2D eigenvalue weighted by Crippen LogP contribution is -2.49. The number of carbonyl (C=O) groups excluding carboxylic acids is 2. The van der Waals surface area contributed by atoms with E-state index >= 15 is 0 Å². The molecule has 2 atom stereocenters. The molecule has 2 N–H and O–H groups in total. The van der Waals surface area contributed by atoms with Gasteiger partial charge in [-0.05, 0) is 0 Å². The van der Waals surface area contributed by atoms with Crippen molar-refractivity contribution in [3.8, 4) is 0 Å². The summed E-state index contributed by atoms with van der Waals surface area (Å²) in [5, 5.41) is 12.5. The molecule has 8 heteroatoms. The van der Waals surface area contributed by atoms with Crippen molar-refractivity contribution < 1.29 is 23.1 Å². The van der Waals surface area contributed by atoms with E-state index in [1.54, 1.807) is 13.8 Å².